The summed E-state index contributed by atoms with van der Waals surface area (Å²) >= 11 is 0. The van der Waals surface area contributed by atoms with Crippen LogP contribution in [-0.2, 0) is 4.79 Å². The molecule has 4 heteroatoms. The molecule has 1 aromatic rings. The Labute approximate surface area is 89.2 Å². The summed E-state index contributed by atoms with van der Waals surface area (Å²) in [6.07, 6.45) is 0. The smallest absolute Gasteiger partial charge is 0.237 e. The lowest BCUT2D eigenvalue weighted by molar-refractivity contribution is -0.119. The van der Waals surface area contributed by atoms with Gasteiger partial charge in [-0.05, 0) is 25.5 Å². The zero-order chi connectivity index (χ0) is 11.4. The van der Waals surface area contributed by atoms with E-state index >= 15 is 0 Å². The van der Waals surface area contributed by atoms with Crippen molar-refractivity contribution < 1.29 is 9.53 Å². The standard InChI is InChI=1S/C11H16N2O2/c1-7-3-4-10(8(2)5-7)15-6-9(12)11(13)14/h3-5,9H,6,12H2,1-2H3,(H2,13,14). The Hall–Kier alpha value is -1.55. The van der Waals surface area contributed by atoms with Gasteiger partial charge >= 0.3 is 0 Å². The average molecular weight is 208 g/mol. The van der Waals surface area contributed by atoms with Crippen molar-refractivity contribution >= 4 is 5.91 Å². The maximum atomic E-state index is 10.7. The lowest BCUT2D eigenvalue weighted by atomic mass is 10.1. The van der Waals surface area contributed by atoms with Crippen molar-refractivity contribution in [3.05, 3.63) is 29.3 Å². The van der Waals surface area contributed by atoms with Gasteiger partial charge < -0.3 is 16.2 Å². The molecule has 0 aliphatic rings. The predicted molar refractivity (Wildman–Crippen MR) is 58.6 cm³/mol. The number of amides is 1. The molecular weight excluding hydrogens is 192 g/mol. The van der Waals surface area contributed by atoms with E-state index in [0.717, 1.165) is 11.3 Å². The molecule has 0 fully saturated rings. The van der Waals surface area contributed by atoms with Crippen LogP contribution < -0.4 is 16.2 Å². The van der Waals surface area contributed by atoms with E-state index in [-0.39, 0.29) is 6.61 Å². The molecule has 0 heterocycles. The number of nitrogens with two attached hydrogens (primary N) is 2. The van der Waals surface area contributed by atoms with Crippen LogP contribution in [-0.4, -0.2) is 18.6 Å². The summed E-state index contributed by atoms with van der Waals surface area (Å²) in [5.41, 5.74) is 12.6. The number of carbonyl (C=O) groups excluding carboxylic acids is 1. The summed E-state index contributed by atoms with van der Waals surface area (Å²) in [6.45, 7) is 4.06. The fourth-order valence-corrected chi connectivity index (χ4v) is 1.22. The van der Waals surface area contributed by atoms with Crippen LogP contribution in [0.15, 0.2) is 18.2 Å². The van der Waals surface area contributed by atoms with E-state index in [9.17, 15) is 4.79 Å². The van der Waals surface area contributed by atoms with E-state index in [2.05, 4.69) is 0 Å². The quantitative estimate of drug-likeness (QED) is 0.756. The van der Waals surface area contributed by atoms with E-state index in [4.69, 9.17) is 16.2 Å². The minimum Gasteiger partial charge on any atom is -0.491 e. The van der Waals surface area contributed by atoms with Gasteiger partial charge in [0.1, 0.15) is 18.4 Å². The molecule has 0 aliphatic carbocycles. The number of rotatable bonds is 4. The molecular formula is C11H16N2O2. The Bertz CT molecular complexity index is 364. The molecule has 0 radical (unpaired) electrons. The van der Waals surface area contributed by atoms with Crippen molar-refractivity contribution in [2.24, 2.45) is 11.5 Å². The largest absolute Gasteiger partial charge is 0.491 e. The fourth-order valence-electron chi connectivity index (χ4n) is 1.22. The number of ether oxygens (including phenoxy) is 1. The molecule has 0 aliphatic heterocycles. The minimum absolute atomic E-state index is 0.110. The van der Waals surface area contributed by atoms with Gasteiger partial charge in [0.05, 0.1) is 0 Å². The highest BCUT2D eigenvalue weighted by atomic mass is 16.5. The van der Waals surface area contributed by atoms with Crippen LogP contribution in [0.1, 0.15) is 11.1 Å². The molecule has 1 aromatic carbocycles. The highest BCUT2D eigenvalue weighted by molar-refractivity contribution is 5.79. The minimum atomic E-state index is -0.759. The lowest BCUT2D eigenvalue weighted by Crippen LogP contribution is -2.41. The van der Waals surface area contributed by atoms with Crippen LogP contribution in [0.25, 0.3) is 0 Å². The van der Waals surface area contributed by atoms with Crippen LogP contribution >= 0.6 is 0 Å². The number of benzene rings is 1. The van der Waals surface area contributed by atoms with Gasteiger partial charge in [-0.25, -0.2) is 0 Å². The second-order valence-corrected chi connectivity index (χ2v) is 3.59. The molecule has 4 nitrogen and oxygen atoms in total. The number of hydrogen-bond donors (Lipinski definition) is 2. The maximum Gasteiger partial charge on any atom is 0.237 e. The summed E-state index contributed by atoms with van der Waals surface area (Å²) in [5, 5.41) is 0. The van der Waals surface area contributed by atoms with Gasteiger partial charge in [0, 0.05) is 0 Å². The molecule has 1 amide bonds. The number of aryl methyl sites for hydroxylation is 2. The number of hydrogen-bond acceptors (Lipinski definition) is 3. The first kappa shape index (κ1) is 11.5. The van der Waals surface area contributed by atoms with Gasteiger partial charge in [-0.2, -0.15) is 0 Å². The highest BCUT2D eigenvalue weighted by Crippen LogP contribution is 2.18. The Balaban J connectivity index is 2.62. The first-order valence-electron chi connectivity index (χ1n) is 4.75. The number of primary amides is 1. The van der Waals surface area contributed by atoms with E-state index in [0.29, 0.717) is 0 Å². The third-order valence-electron chi connectivity index (χ3n) is 2.11. The van der Waals surface area contributed by atoms with Crippen LogP contribution in [0.4, 0.5) is 0 Å². The van der Waals surface area contributed by atoms with Crippen LogP contribution in [0, 0.1) is 13.8 Å². The van der Waals surface area contributed by atoms with Crippen LogP contribution in [0.5, 0.6) is 5.75 Å². The van der Waals surface area contributed by atoms with Crippen molar-refractivity contribution in [2.45, 2.75) is 19.9 Å². The molecule has 1 rings (SSSR count). The van der Waals surface area contributed by atoms with Gasteiger partial charge in [0.25, 0.3) is 0 Å². The Morgan fingerprint density at radius 1 is 1.47 bits per heavy atom. The third kappa shape index (κ3) is 3.25. The molecule has 15 heavy (non-hydrogen) atoms. The van der Waals surface area contributed by atoms with E-state index in [1.165, 1.54) is 5.56 Å². The Morgan fingerprint density at radius 3 is 2.67 bits per heavy atom. The molecule has 0 bridgehead atoms. The van der Waals surface area contributed by atoms with Crippen molar-refractivity contribution in [1.29, 1.82) is 0 Å². The van der Waals surface area contributed by atoms with Gasteiger partial charge in [0.2, 0.25) is 5.91 Å². The van der Waals surface area contributed by atoms with Gasteiger partial charge in [-0.3, -0.25) is 4.79 Å². The van der Waals surface area contributed by atoms with Gasteiger partial charge in [0.15, 0.2) is 0 Å². The summed E-state index contributed by atoms with van der Waals surface area (Å²) in [4.78, 5) is 10.7. The summed E-state index contributed by atoms with van der Waals surface area (Å²) in [5.74, 6) is 0.178. The van der Waals surface area contributed by atoms with E-state index in [1.54, 1.807) is 0 Å². The molecule has 4 N–H and O–H groups in total. The van der Waals surface area contributed by atoms with E-state index < -0.39 is 11.9 Å². The van der Waals surface area contributed by atoms with Crippen molar-refractivity contribution in [1.82, 2.24) is 0 Å². The predicted octanol–water partition coefficient (Wildman–Crippen LogP) is 0.495. The van der Waals surface area contributed by atoms with Gasteiger partial charge in [-0.15, -0.1) is 0 Å². The Kier molecular flexibility index (Phi) is 3.68. The highest BCUT2D eigenvalue weighted by Gasteiger charge is 2.10. The molecule has 0 saturated carbocycles. The average Bonchev–Trinajstić information content (AvgIpc) is 2.15. The summed E-state index contributed by atoms with van der Waals surface area (Å²) < 4.78 is 5.39. The monoisotopic (exact) mass is 208 g/mol. The second kappa shape index (κ2) is 4.79. The zero-order valence-electron chi connectivity index (χ0n) is 8.99. The van der Waals surface area contributed by atoms with E-state index in [1.807, 2.05) is 32.0 Å². The van der Waals surface area contributed by atoms with Crippen LogP contribution in [0.3, 0.4) is 0 Å². The molecule has 82 valence electrons. The molecule has 1 unspecified atom stereocenters. The topological polar surface area (TPSA) is 78.3 Å². The molecule has 0 aromatic heterocycles. The lowest BCUT2D eigenvalue weighted by Gasteiger charge is -2.12. The van der Waals surface area contributed by atoms with Crippen LogP contribution in [0.2, 0.25) is 0 Å². The van der Waals surface area contributed by atoms with Crippen molar-refractivity contribution in [3.63, 3.8) is 0 Å². The number of carbonyl (C=O) groups is 1. The summed E-state index contributed by atoms with van der Waals surface area (Å²) in [7, 11) is 0. The van der Waals surface area contributed by atoms with Crippen molar-refractivity contribution in [3.8, 4) is 5.75 Å². The second-order valence-electron chi connectivity index (χ2n) is 3.59. The summed E-state index contributed by atoms with van der Waals surface area (Å²) in [6, 6.07) is 5.05. The first-order valence-corrected chi connectivity index (χ1v) is 4.75. The van der Waals surface area contributed by atoms with Crippen molar-refractivity contribution in [2.75, 3.05) is 6.61 Å². The molecule has 0 saturated heterocycles. The molecule has 1 atom stereocenters. The molecule has 0 spiro atoms. The Morgan fingerprint density at radius 2 is 2.13 bits per heavy atom. The third-order valence-corrected chi connectivity index (χ3v) is 2.11. The fraction of sp³-hybridized carbons (Fsp3) is 0.364. The first-order chi connectivity index (χ1) is 7.00. The van der Waals surface area contributed by atoms with Gasteiger partial charge in [-0.1, -0.05) is 17.7 Å². The normalized spacial score (nSPS) is 12.2. The maximum absolute atomic E-state index is 10.7. The zero-order valence-corrected chi connectivity index (χ0v) is 8.99. The SMILES string of the molecule is Cc1ccc(OCC(N)C(N)=O)c(C)c1.